The average Bonchev–Trinajstić information content (AvgIpc) is 2.79. The van der Waals surface area contributed by atoms with Crippen molar-refractivity contribution in [2.75, 3.05) is 25.6 Å². The van der Waals surface area contributed by atoms with E-state index in [1.807, 2.05) is 0 Å². The molecule has 0 fully saturated rings. The lowest BCUT2D eigenvalue weighted by Crippen LogP contribution is -2.45. The van der Waals surface area contributed by atoms with E-state index in [0.29, 0.717) is 17.7 Å². The number of nitrogens with zero attached hydrogens (tertiary/aromatic N) is 2. The Bertz CT molecular complexity index is 894. The lowest BCUT2D eigenvalue weighted by molar-refractivity contribution is -0.116. The van der Waals surface area contributed by atoms with Crippen molar-refractivity contribution in [2.24, 2.45) is 10.7 Å². The Balaban J connectivity index is 0.000000278. The predicted octanol–water partition coefficient (Wildman–Crippen LogP) is 3.76. The number of aromatic nitrogens is 1. The molecular weight excluding hydrogens is 453 g/mol. The normalized spacial score (nSPS) is 20.6. The van der Waals surface area contributed by atoms with Crippen molar-refractivity contribution in [3.05, 3.63) is 58.1 Å². The molecule has 1 aliphatic rings. The molecule has 0 spiro atoms. The maximum Gasteiger partial charge on any atom is 0.299 e. The SMILES string of the molecule is CNc1ccc(F)c(C2(C)N=C(N)COCC2(F)F)c1.O=Cc1ccc(Br)cn1. The van der Waals surface area contributed by atoms with Gasteiger partial charge < -0.3 is 15.8 Å². The van der Waals surface area contributed by atoms with Gasteiger partial charge >= 0.3 is 0 Å². The van der Waals surface area contributed by atoms with Crippen LogP contribution >= 0.6 is 15.9 Å². The van der Waals surface area contributed by atoms with Crippen molar-refractivity contribution >= 4 is 33.7 Å². The summed E-state index contributed by atoms with van der Waals surface area (Å²) in [5.41, 5.74) is 4.18. The summed E-state index contributed by atoms with van der Waals surface area (Å²) in [5, 5.41) is 2.78. The van der Waals surface area contributed by atoms with Crippen molar-refractivity contribution < 1.29 is 22.7 Å². The maximum atomic E-state index is 14.3. The van der Waals surface area contributed by atoms with Crippen molar-refractivity contribution in [1.82, 2.24) is 4.98 Å². The molecule has 1 aromatic carbocycles. The molecule has 0 radical (unpaired) electrons. The quantitative estimate of drug-likeness (QED) is 0.663. The molecule has 1 aromatic heterocycles. The maximum absolute atomic E-state index is 14.3. The van der Waals surface area contributed by atoms with Crippen LogP contribution in [0.3, 0.4) is 0 Å². The fraction of sp³-hybridized carbons (Fsp3) is 0.316. The molecule has 0 aliphatic carbocycles. The third-order valence-corrected chi connectivity index (χ3v) is 4.73. The van der Waals surface area contributed by atoms with Gasteiger partial charge in [0.2, 0.25) is 0 Å². The van der Waals surface area contributed by atoms with Gasteiger partial charge in [0, 0.05) is 29.0 Å². The number of hydrogen-bond acceptors (Lipinski definition) is 6. The monoisotopic (exact) mass is 472 g/mol. The topological polar surface area (TPSA) is 89.6 Å². The van der Waals surface area contributed by atoms with E-state index in [4.69, 9.17) is 10.5 Å². The van der Waals surface area contributed by atoms with Gasteiger partial charge in [-0.2, -0.15) is 0 Å². The Hall–Kier alpha value is -2.46. The highest BCUT2D eigenvalue weighted by atomic mass is 79.9. The Kier molecular flexibility index (Phi) is 7.37. The number of ether oxygens (including phenoxy) is 1. The Labute approximate surface area is 174 Å². The minimum absolute atomic E-state index is 0.0843. The van der Waals surface area contributed by atoms with Crippen LogP contribution in [0.4, 0.5) is 18.9 Å². The fourth-order valence-electron chi connectivity index (χ4n) is 2.59. The summed E-state index contributed by atoms with van der Waals surface area (Å²) < 4.78 is 48.3. The van der Waals surface area contributed by atoms with E-state index in [9.17, 15) is 18.0 Å². The Morgan fingerprint density at radius 2 is 2.03 bits per heavy atom. The number of nitrogens with two attached hydrogens (primary N) is 1. The van der Waals surface area contributed by atoms with E-state index in [1.165, 1.54) is 12.1 Å². The van der Waals surface area contributed by atoms with Crippen LogP contribution in [0.1, 0.15) is 23.0 Å². The van der Waals surface area contributed by atoms with Crippen LogP contribution in [0.2, 0.25) is 0 Å². The number of carbonyl (C=O) groups is 1. The lowest BCUT2D eigenvalue weighted by atomic mass is 9.85. The number of hydrogen-bond donors (Lipinski definition) is 2. The number of alkyl halides is 2. The second-order valence-corrected chi connectivity index (χ2v) is 7.25. The van der Waals surface area contributed by atoms with Gasteiger partial charge in [0.15, 0.2) is 11.8 Å². The molecule has 6 nitrogen and oxygen atoms in total. The number of amidine groups is 1. The molecule has 1 aliphatic heterocycles. The Morgan fingerprint density at radius 1 is 1.31 bits per heavy atom. The first-order valence-electron chi connectivity index (χ1n) is 8.47. The van der Waals surface area contributed by atoms with Crippen molar-refractivity contribution in [2.45, 2.75) is 18.4 Å². The zero-order valence-electron chi connectivity index (χ0n) is 15.8. The van der Waals surface area contributed by atoms with Gasteiger partial charge in [-0.3, -0.25) is 14.8 Å². The summed E-state index contributed by atoms with van der Waals surface area (Å²) in [6.07, 6.45) is 2.30. The summed E-state index contributed by atoms with van der Waals surface area (Å²) in [5.74, 6) is -4.22. The lowest BCUT2D eigenvalue weighted by Gasteiger charge is -2.33. The molecule has 2 heterocycles. The number of carbonyl (C=O) groups excluding carboxylic acids is 1. The van der Waals surface area contributed by atoms with E-state index >= 15 is 0 Å². The highest BCUT2D eigenvalue weighted by molar-refractivity contribution is 9.10. The molecule has 0 bridgehead atoms. The van der Waals surface area contributed by atoms with Crippen molar-refractivity contribution in [3.63, 3.8) is 0 Å². The van der Waals surface area contributed by atoms with Crippen LogP contribution in [0.15, 0.2) is 46.0 Å². The molecule has 156 valence electrons. The van der Waals surface area contributed by atoms with Crippen LogP contribution in [-0.2, 0) is 10.3 Å². The highest BCUT2D eigenvalue weighted by Gasteiger charge is 2.54. The van der Waals surface area contributed by atoms with Crippen LogP contribution in [0.5, 0.6) is 0 Å². The molecule has 0 saturated carbocycles. The number of benzene rings is 1. The summed E-state index contributed by atoms with van der Waals surface area (Å²) in [7, 11) is 1.62. The summed E-state index contributed by atoms with van der Waals surface area (Å²) in [4.78, 5) is 17.6. The van der Waals surface area contributed by atoms with Gasteiger partial charge in [-0.15, -0.1) is 0 Å². The second kappa shape index (κ2) is 9.36. The zero-order valence-corrected chi connectivity index (χ0v) is 17.3. The third kappa shape index (κ3) is 5.33. The van der Waals surface area contributed by atoms with Gasteiger partial charge in [-0.25, -0.2) is 13.2 Å². The van der Waals surface area contributed by atoms with Crippen LogP contribution in [0.25, 0.3) is 0 Å². The molecule has 1 unspecified atom stereocenters. The second-order valence-electron chi connectivity index (χ2n) is 6.34. The molecule has 3 N–H and O–H groups in total. The van der Waals surface area contributed by atoms with Crippen molar-refractivity contribution in [1.29, 1.82) is 0 Å². The number of aliphatic imine (C=N–C) groups is 1. The zero-order chi connectivity index (χ0) is 21.7. The first kappa shape index (κ1) is 22.8. The smallest absolute Gasteiger partial charge is 0.299 e. The summed E-state index contributed by atoms with van der Waals surface area (Å²) in [6, 6.07) is 7.32. The van der Waals surface area contributed by atoms with E-state index in [-0.39, 0.29) is 18.0 Å². The molecular formula is C19H20BrF3N4O2. The number of pyridine rings is 1. The van der Waals surface area contributed by atoms with Crippen LogP contribution < -0.4 is 11.1 Å². The Morgan fingerprint density at radius 3 is 2.62 bits per heavy atom. The average molecular weight is 473 g/mol. The molecule has 3 rings (SSSR count). The van der Waals surface area contributed by atoms with Crippen molar-refractivity contribution in [3.8, 4) is 0 Å². The summed E-state index contributed by atoms with van der Waals surface area (Å²) >= 11 is 3.20. The predicted molar refractivity (Wildman–Crippen MR) is 108 cm³/mol. The molecule has 0 saturated heterocycles. The first-order valence-corrected chi connectivity index (χ1v) is 9.26. The molecule has 2 aromatic rings. The van der Waals surface area contributed by atoms with E-state index in [1.54, 1.807) is 25.4 Å². The van der Waals surface area contributed by atoms with E-state index in [0.717, 1.165) is 17.5 Å². The largest absolute Gasteiger partial charge is 0.388 e. The van der Waals surface area contributed by atoms with Crippen LogP contribution in [0, 0.1) is 5.82 Å². The fourth-order valence-corrected chi connectivity index (χ4v) is 2.83. The molecule has 1 atom stereocenters. The number of nitrogens with one attached hydrogen (secondary N) is 1. The van der Waals surface area contributed by atoms with E-state index in [2.05, 4.69) is 31.2 Å². The molecule has 10 heteroatoms. The minimum atomic E-state index is -3.37. The highest BCUT2D eigenvalue weighted by Crippen LogP contribution is 2.44. The minimum Gasteiger partial charge on any atom is -0.388 e. The van der Waals surface area contributed by atoms with Gasteiger partial charge in [0.1, 0.15) is 30.6 Å². The first-order chi connectivity index (χ1) is 13.6. The molecule has 0 amide bonds. The summed E-state index contributed by atoms with van der Waals surface area (Å²) in [6.45, 7) is 0.0990. The van der Waals surface area contributed by atoms with E-state index < -0.39 is 23.9 Å². The molecule has 29 heavy (non-hydrogen) atoms. The van der Waals surface area contributed by atoms with Gasteiger partial charge in [0.25, 0.3) is 5.92 Å². The number of anilines is 1. The van der Waals surface area contributed by atoms with Gasteiger partial charge in [-0.1, -0.05) is 0 Å². The third-order valence-electron chi connectivity index (χ3n) is 4.26. The number of aldehydes is 1. The number of halogens is 4. The number of rotatable bonds is 3. The van der Waals surface area contributed by atoms with Gasteiger partial charge in [0.05, 0.1) is 0 Å². The van der Waals surface area contributed by atoms with Gasteiger partial charge in [-0.05, 0) is 53.2 Å². The van der Waals surface area contributed by atoms with Crippen LogP contribution in [-0.4, -0.2) is 43.3 Å². The standard InChI is InChI=1S/C13H16F3N3O.C6H4BrNO/c1-12(9-5-8(18-2)3-4-10(9)14)13(15,16)7-20-6-11(17)19-12;7-5-1-2-6(4-9)8-3-5/h3-5,18H,6-7H2,1-2H3,(H2,17,19);1-4H.